The Hall–Kier alpha value is -1.26. The maximum atomic E-state index is 8.32. The van der Waals surface area contributed by atoms with Crippen molar-refractivity contribution in [3.8, 4) is 12.3 Å². The molecule has 1 rings (SSSR count). The third-order valence-electron chi connectivity index (χ3n) is 1.69. The SMILES string of the molecule is [2H]C#CCN(C)[C@@]([2H])(C)C([2H])([2H])c1c([2H])c([2H])c([2H])c([2H])c1[2H]. The Morgan fingerprint density at radius 1 is 1.71 bits per heavy atom. The number of terminal acetylenes is 1. The molecule has 0 fully saturated rings. The highest BCUT2D eigenvalue weighted by atomic mass is 15.1. The molecule has 0 aromatic heterocycles. The molecule has 0 spiro atoms. The minimum Gasteiger partial charge on any atom is -0.292 e. The van der Waals surface area contributed by atoms with E-state index in [0.29, 0.717) is 0 Å². The van der Waals surface area contributed by atoms with Gasteiger partial charge in [0.25, 0.3) is 0 Å². The predicted molar refractivity (Wildman–Crippen MR) is 61.1 cm³/mol. The van der Waals surface area contributed by atoms with E-state index in [9.17, 15) is 0 Å². The Morgan fingerprint density at radius 2 is 2.43 bits per heavy atom. The van der Waals surface area contributed by atoms with Gasteiger partial charge in [-0.25, -0.2) is 0 Å². The number of benzene rings is 1. The van der Waals surface area contributed by atoms with Crippen LogP contribution in [0.2, 0.25) is 0 Å². The molecule has 1 aromatic carbocycles. The fourth-order valence-corrected chi connectivity index (χ4v) is 0.826. The van der Waals surface area contributed by atoms with Crippen LogP contribution in [0.4, 0.5) is 0 Å². The number of rotatable bonds is 4. The van der Waals surface area contributed by atoms with Gasteiger partial charge in [0.05, 0.1) is 13.4 Å². The normalized spacial score (nSPS) is 24.4. The van der Waals surface area contributed by atoms with Crippen molar-refractivity contribution < 1.29 is 12.3 Å². The van der Waals surface area contributed by atoms with Crippen LogP contribution in [0, 0.1) is 12.3 Å². The molecule has 0 aliphatic heterocycles. The molecule has 0 amide bonds. The van der Waals surface area contributed by atoms with Gasteiger partial charge in [-0.1, -0.05) is 36.1 Å². The molecule has 0 radical (unpaired) electrons. The Balaban J connectivity index is 3.57. The highest BCUT2D eigenvalue weighted by Crippen LogP contribution is 2.06. The molecular formula is C13H17N. The minimum absolute atomic E-state index is 0.0678. The van der Waals surface area contributed by atoms with Crippen LogP contribution >= 0.6 is 0 Å². The molecule has 0 aliphatic carbocycles. The average molecular weight is 196 g/mol. The molecule has 0 heterocycles. The Morgan fingerprint density at radius 3 is 3.07 bits per heavy atom. The van der Waals surface area contributed by atoms with Gasteiger partial charge in [-0.2, -0.15) is 0 Å². The molecule has 0 saturated heterocycles. The fourth-order valence-electron chi connectivity index (χ4n) is 0.826. The highest BCUT2D eigenvalue weighted by molar-refractivity contribution is 5.15. The largest absolute Gasteiger partial charge is 0.292 e. The van der Waals surface area contributed by atoms with Crippen molar-refractivity contribution in [3.05, 3.63) is 35.8 Å². The Kier molecular flexibility index (Phi) is 1.45. The molecule has 74 valence electrons. The lowest BCUT2D eigenvalue weighted by molar-refractivity contribution is 0.287. The van der Waals surface area contributed by atoms with Crippen LogP contribution in [0.25, 0.3) is 0 Å². The van der Waals surface area contributed by atoms with Crippen LogP contribution in [0.5, 0.6) is 0 Å². The fraction of sp³-hybridized carbons (Fsp3) is 0.385. The second-order valence-corrected chi connectivity index (χ2v) is 2.74. The molecule has 0 unspecified atom stereocenters. The van der Waals surface area contributed by atoms with Gasteiger partial charge in [-0.15, -0.1) is 6.40 Å². The van der Waals surface area contributed by atoms with Crippen molar-refractivity contribution in [2.75, 3.05) is 13.6 Å². The maximum absolute atomic E-state index is 8.32. The van der Waals surface area contributed by atoms with E-state index < -0.39 is 48.2 Å². The van der Waals surface area contributed by atoms with Crippen molar-refractivity contribution in [1.29, 1.82) is 0 Å². The summed E-state index contributed by atoms with van der Waals surface area (Å²) in [6.07, 6.45) is -0.666. The van der Waals surface area contributed by atoms with Crippen molar-refractivity contribution >= 4 is 0 Å². The maximum Gasteiger partial charge on any atom is 0.124 e. The summed E-state index contributed by atoms with van der Waals surface area (Å²) in [4.78, 5) is 1.22. The first-order valence-corrected chi connectivity index (χ1v) is 4.09. The van der Waals surface area contributed by atoms with E-state index in [1.165, 1.54) is 18.9 Å². The third-order valence-corrected chi connectivity index (χ3v) is 1.69. The summed E-state index contributed by atoms with van der Waals surface area (Å²) in [6.45, 7) is 1.17. The van der Waals surface area contributed by atoms with Crippen LogP contribution in [-0.2, 0) is 6.37 Å². The first kappa shape index (κ1) is 3.72. The molecule has 14 heavy (non-hydrogen) atoms. The number of hydrogen-bond donors (Lipinski definition) is 0. The van der Waals surface area contributed by atoms with E-state index >= 15 is 0 Å². The summed E-state index contributed by atoms with van der Waals surface area (Å²) >= 11 is 0. The summed E-state index contributed by atoms with van der Waals surface area (Å²) in [5.41, 5.74) is -0.563. The van der Waals surface area contributed by atoms with E-state index in [-0.39, 0.29) is 6.54 Å². The Bertz CT molecular complexity index is 643. The predicted octanol–water partition coefficient (Wildman–Crippen LogP) is 2.18. The molecule has 1 aromatic rings. The monoisotopic (exact) mass is 196 g/mol. The van der Waals surface area contributed by atoms with E-state index in [1.807, 2.05) is 6.40 Å². The minimum atomic E-state index is -2.57. The smallest absolute Gasteiger partial charge is 0.124 e. The standard InChI is InChI=1S/C13H17N/c1-4-10-14(3)12(2)11-13-8-6-5-7-9-13/h1,5-9,12H,10-11H2,2-3H3/t12-/m0/s1/i1D,5D,6D,7D,8D,9D,11D2,12D. The summed E-state index contributed by atoms with van der Waals surface area (Å²) in [6, 6.07) is -5.20. The zero-order chi connectivity index (χ0) is 18.2. The van der Waals surface area contributed by atoms with E-state index in [4.69, 9.17) is 12.3 Å². The Labute approximate surface area is 99.4 Å². The van der Waals surface area contributed by atoms with Gasteiger partial charge < -0.3 is 0 Å². The van der Waals surface area contributed by atoms with Crippen LogP contribution in [0.15, 0.2) is 30.2 Å². The second kappa shape index (κ2) is 5.47. The topological polar surface area (TPSA) is 3.24 Å². The lowest BCUT2D eigenvalue weighted by Gasteiger charge is -2.22. The van der Waals surface area contributed by atoms with Gasteiger partial charge in [0.2, 0.25) is 0 Å². The summed E-state index contributed by atoms with van der Waals surface area (Å²) < 4.78 is 70.2. The molecule has 0 aliphatic rings. The molecule has 0 saturated carbocycles. The quantitative estimate of drug-likeness (QED) is 0.667. The lowest BCUT2D eigenvalue weighted by Crippen LogP contribution is -2.31. The van der Waals surface area contributed by atoms with Gasteiger partial charge in [0, 0.05) is 10.1 Å². The highest BCUT2D eigenvalue weighted by Gasteiger charge is 2.07. The van der Waals surface area contributed by atoms with Crippen LogP contribution in [-0.4, -0.2) is 24.5 Å². The number of hydrogen-bond acceptors (Lipinski definition) is 1. The van der Waals surface area contributed by atoms with Crippen LogP contribution < -0.4 is 0 Å². The van der Waals surface area contributed by atoms with Gasteiger partial charge in [-0.05, 0) is 25.9 Å². The first-order chi connectivity index (χ1) is 10.4. The van der Waals surface area contributed by atoms with Crippen molar-refractivity contribution in [3.63, 3.8) is 0 Å². The van der Waals surface area contributed by atoms with Gasteiger partial charge in [-0.3, -0.25) is 4.90 Å². The summed E-state index contributed by atoms with van der Waals surface area (Å²) in [5, 5.41) is 0. The second-order valence-electron chi connectivity index (χ2n) is 2.74. The molecule has 0 bridgehead atoms. The first-order valence-electron chi connectivity index (χ1n) is 8.59. The van der Waals surface area contributed by atoms with Crippen molar-refractivity contribution in [2.45, 2.75) is 19.3 Å². The van der Waals surface area contributed by atoms with Crippen molar-refractivity contribution in [1.82, 2.24) is 4.90 Å². The average Bonchev–Trinajstić information content (AvgIpc) is 2.48. The zero-order valence-electron chi connectivity index (χ0n) is 17.2. The third kappa shape index (κ3) is 3.24. The number of nitrogens with zero attached hydrogens (tertiary/aromatic N) is 1. The lowest BCUT2D eigenvalue weighted by atomic mass is 10.1. The molecule has 0 N–H and O–H groups in total. The molecule has 1 atom stereocenters. The van der Waals surface area contributed by atoms with Crippen LogP contribution in [0.1, 0.15) is 24.8 Å². The molecule has 1 heteroatoms. The van der Waals surface area contributed by atoms with E-state index in [1.54, 1.807) is 0 Å². The summed E-state index contributed by atoms with van der Waals surface area (Å²) in [5.74, 6) is 2.40. The molecule has 1 nitrogen and oxygen atoms in total. The van der Waals surface area contributed by atoms with Gasteiger partial charge in [0.15, 0.2) is 0 Å². The zero-order valence-corrected chi connectivity index (χ0v) is 8.15. The van der Waals surface area contributed by atoms with Gasteiger partial charge >= 0.3 is 0 Å². The van der Waals surface area contributed by atoms with Crippen molar-refractivity contribution in [2.24, 2.45) is 0 Å². The van der Waals surface area contributed by atoms with Gasteiger partial charge in [0.1, 0.15) is 1.37 Å². The summed E-state index contributed by atoms with van der Waals surface area (Å²) in [7, 11) is 1.42. The molecular weight excluding hydrogens is 170 g/mol. The van der Waals surface area contributed by atoms with E-state index in [2.05, 4.69) is 5.92 Å². The van der Waals surface area contributed by atoms with E-state index in [0.717, 1.165) is 0 Å². The van der Waals surface area contributed by atoms with Crippen LogP contribution in [0.3, 0.4) is 0 Å². The number of likely N-dealkylation sites (N-methyl/N-ethyl adjacent to an activating group) is 1.